The number of hydrogen-bond acceptors (Lipinski definition) is 7. The summed E-state index contributed by atoms with van der Waals surface area (Å²) >= 11 is 0. The maximum absolute atomic E-state index is 13.4. The van der Waals surface area contributed by atoms with E-state index in [1.807, 2.05) is 98.1 Å². The lowest BCUT2D eigenvalue weighted by molar-refractivity contribution is 0.00901. The Morgan fingerprint density at radius 1 is 0.870 bits per heavy atom. The molecule has 1 amide bonds. The number of rotatable bonds is 9. The molecule has 0 radical (unpaired) electrons. The molecule has 0 atom stereocenters. The van der Waals surface area contributed by atoms with Gasteiger partial charge in [-0.05, 0) is 69.0 Å². The summed E-state index contributed by atoms with van der Waals surface area (Å²) in [5.41, 5.74) is 2.37. The molecule has 0 aliphatic carbocycles. The number of fused-ring (bicyclic) bond motifs is 2. The van der Waals surface area contributed by atoms with Gasteiger partial charge in [-0.2, -0.15) is 0 Å². The van der Waals surface area contributed by atoms with Gasteiger partial charge >= 0.3 is 6.09 Å². The summed E-state index contributed by atoms with van der Waals surface area (Å²) in [6.45, 7) is 10.8. The quantitative estimate of drug-likeness (QED) is 0.217. The van der Waals surface area contributed by atoms with Crippen molar-refractivity contribution in [3.05, 3.63) is 100 Å². The van der Waals surface area contributed by atoms with Gasteiger partial charge in [-0.15, -0.1) is 0 Å². The highest BCUT2D eigenvalue weighted by Gasteiger charge is 2.31. The largest absolute Gasteiger partial charge is 0.488 e. The number of ether oxygens (including phenoxy) is 4. The molecule has 1 fully saturated rings. The molecule has 0 N–H and O–H groups in total. The number of nitrogens with zero attached hydrogens (tertiary/aromatic N) is 3. The molecule has 4 aromatic rings. The van der Waals surface area contributed by atoms with E-state index in [0.717, 1.165) is 60.3 Å². The highest BCUT2D eigenvalue weighted by Crippen LogP contribution is 2.32. The average molecular weight is 626 g/mol. The molecule has 0 saturated carbocycles. The lowest BCUT2D eigenvalue weighted by Gasteiger charge is -2.38. The van der Waals surface area contributed by atoms with E-state index in [0.29, 0.717) is 44.4 Å². The summed E-state index contributed by atoms with van der Waals surface area (Å²) in [5, 5.41) is 0.920. The van der Waals surface area contributed by atoms with Gasteiger partial charge in [-0.25, -0.2) is 4.79 Å². The van der Waals surface area contributed by atoms with Crippen LogP contribution in [0.25, 0.3) is 10.9 Å². The zero-order chi connectivity index (χ0) is 32.1. The van der Waals surface area contributed by atoms with Crippen LogP contribution >= 0.6 is 0 Å². The number of carbonyl (C=O) groups excluding carboxylic acids is 1. The second-order valence-electron chi connectivity index (χ2n) is 12.9. The Hall–Kier alpha value is -4.50. The van der Waals surface area contributed by atoms with Crippen molar-refractivity contribution in [1.82, 2.24) is 14.4 Å². The van der Waals surface area contributed by atoms with E-state index in [2.05, 4.69) is 4.90 Å². The molecular weight excluding hydrogens is 582 g/mol. The summed E-state index contributed by atoms with van der Waals surface area (Å²) in [5.74, 6) is 2.04. The van der Waals surface area contributed by atoms with Gasteiger partial charge in [0, 0.05) is 49.7 Å². The van der Waals surface area contributed by atoms with Gasteiger partial charge in [-0.3, -0.25) is 9.69 Å². The third kappa shape index (κ3) is 7.48. The Balaban J connectivity index is 1.04. The fraction of sp³-hybridized carbons (Fsp3) is 0.405. The fourth-order valence-electron chi connectivity index (χ4n) is 6.03. The molecule has 0 bridgehead atoms. The van der Waals surface area contributed by atoms with Crippen molar-refractivity contribution in [2.24, 2.45) is 0 Å². The minimum Gasteiger partial charge on any atom is -0.488 e. The summed E-state index contributed by atoms with van der Waals surface area (Å²) < 4.78 is 25.4. The highest BCUT2D eigenvalue weighted by molar-refractivity contribution is 5.85. The van der Waals surface area contributed by atoms with E-state index in [1.54, 1.807) is 11.0 Å². The molecule has 6 rings (SSSR count). The van der Waals surface area contributed by atoms with Crippen molar-refractivity contribution < 1.29 is 23.7 Å². The van der Waals surface area contributed by atoms with Crippen molar-refractivity contribution in [2.45, 2.75) is 65.0 Å². The molecule has 9 heteroatoms. The van der Waals surface area contributed by atoms with E-state index in [9.17, 15) is 9.59 Å². The van der Waals surface area contributed by atoms with E-state index in [-0.39, 0.29) is 17.8 Å². The number of carbonyl (C=O) groups is 1. The molecule has 3 aromatic carbocycles. The van der Waals surface area contributed by atoms with Crippen LogP contribution < -0.4 is 19.8 Å². The lowest BCUT2D eigenvalue weighted by Crippen LogP contribution is -2.47. The van der Waals surface area contributed by atoms with Crippen molar-refractivity contribution >= 4 is 17.0 Å². The van der Waals surface area contributed by atoms with Crippen LogP contribution in [-0.4, -0.2) is 65.0 Å². The predicted octanol–water partition coefficient (Wildman–Crippen LogP) is 6.25. The third-order valence-electron chi connectivity index (χ3n) is 8.64. The van der Waals surface area contributed by atoms with Crippen LogP contribution in [-0.2, 0) is 24.4 Å². The van der Waals surface area contributed by atoms with Crippen LogP contribution in [0.1, 0.15) is 44.7 Å². The zero-order valence-corrected chi connectivity index (χ0v) is 26.9. The molecule has 2 aliphatic rings. The minimum atomic E-state index is -0.427. The molecular formula is C37H43N3O6. The molecule has 46 heavy (non-hydrogen) atoms. The second kappa shape index (κ2) is 13.9. The fourth-order valence-corrected chi connectivity index (χ4v) is 6.03. The monoisotopic (exact) mass is 625 g/mol. The summed E-state index contributed by atoms with van der Waals surface area (Å²) in [7, 11) is 0. The van der Waals surface area contributed by atoms with Crippen molar-refractivity contribution in [2.75, 3.05) is 32.8 Å². The number of pyridine rings is 1. The molecule has 242 valence electrons. The van der Waals surface area contributed by atoms with Gasteiger partial charge in [0.25, 0.3) is 5.56 Å². The molecule has 2 aliphatic heterocycles. The average Bonchev–Trinajstić information content (AvgIpc) is 3.06. The Kier molecular flexibility index (Phi) is 9.49. The number of likely N-dealkylation sites (tertiary alicyclic amines) is 1. The maximum atomic E-state index is 13.4. The number of piperidine rings is 1. The molecule has 1 aromatic heterocycles. The number of aromatic nitrogens is 1. The Bertz CT molecular complexity index is 1710. The third-order valence-corrected chi connectivity index (χ3v) is 8.64. The number of benzene rings is 3. The zero-order valence-electron chi connectivity index (χ0n) is 26.9. The van der Waals surface area contributed by atoms with Crippen molar-refractivity contribution in [3.8, 4) is 17.2 Å². The molecule has 0 spiro atoms. The normalized spacial score (nSPS) is 15.5. The number of hydrogen-bond donors (Lipinski definition) is 0. The Morgan fingerprint density at radius 3 is 2.35 bits per heavy atom. The van der Waals surface area contributed by atoms with Gasteiger partial charge < -0.3 is 28.4 Å². The topological polar surface area (TPSA) is 82.5 Å². The lowest BCUT2D eigenvalue weighted by atomic mass is 10.0. The van der Waals surface area contributed by atoms with Gasteiger partial charge in [-0.1, -0.05) is 48.5 Å². The first-order valence-electron chi connectivity index (χ1n) is 16.1. The first kappa shape index (κ1) is 31.5. The van der Waals surface area contributed by atoms with E-state index in [4.69, 9.17) is 18.9 Å². The van der Waals surface area contributed by atoms with Crippen molar-refractivity contribution in [3.63, 3.8) is 0 Å². The van der Waals surface area contributed by atoms with Crippen LogP contribution in [0.3, 0.4) is 0 Å². The standard InChI is InChI=1S/C37H43N3O6/c1-37(2,3)40(25-28-13-14-32-34(23-28)44-22-21-43-32)36(42)46-29-15-17-38(18-16-29)19-20-39-31-12-8-7-11-30(31)33(24-35(39)41)45-26-27-9-5-4-6-10-27/h4-14,23-24,29H,15-22,25-26H2,1-3H3. The van der Waals surface area contributed by atoms with Gasteiger partial charge in [0.05, 0.1) is 5.52 Å². The Labute approximate surface area is 270 Å². The first-order chi connectivity index (χ1) is 22.2. The van der Waals surface area contributed by atoms with Crippen LogP contribution in [0.5, 0.6) is 17.2 Å². The van der Waals surface area contributed by atoms with E-state index in [1.165, 1.54) is 0 Å². The molecule has 1 saturated heterocycles. The summed E-state index contributed by atoms with van der Waals surface area (Å²) in [6.07, 6.45) is 1.03. The molecule has 0 unspecified atom stereocenters. The molecule has 9 nitrogen and oxygen atoms in total. The first-order valence-corrected chi connectivity index (χ1v) is 16.1. The smallest absolute Gasteiger partial charge is 0.410 e. The van der Waals surface area contributed by atoms with E-state index < -0.39 is 5.54 Å². The predicted molar refractivity (Wildman–Crippen MR) is 178 cm³/mol. The van der Waals surface area contributed by atoms with Crippen LogP contribution in [0, 0.1) is 0 Å². The molecule has 3 heterocycles. The summed E-state index contributed by atoms with van der Waals surface area (Å²) in [4.78, 5) is 30.8. The van der Waals surface area contributed by atoms with Gasteiger partial charge in [0.1, 0.15) is 31.7 Å². The van der Waals surface area contributed by atoms with Crippen LogP contribution in [0.15, 0.2) is 83.7 Å². The second-order valence-corrected chi connectivity index (χ2v) is 12.9. The van der Waals surface area contributed by atoms with Crippen LogP contribution in [0.4, 0.5) is 4.79 Å². The maximum Gasteiger partial charge on any atom is 0.410 e. The number of para-hydroxylation sites is 1. The van der Waals surface area contributed by atoms with Crippen molar-refractivity contribution in [1.29, 1.82) is 0 Å². The van der Waals surface area contributed by atoms with Gasteiger partial charge in [0.15, 0.2) is 11.5 Å². The highest BCUT2D eigenvalue weighted by atomic mass is 16.6. The summed E-state index contributed by atoms with van der Waals surface area (Å²) in [6, 6.07) is 25.3. The Morgan fingerprint density at radius 2 is 1.59 bits per heavy atom. The number of amides is 1. The minimum absolute atomic E-state index is 0.0779. The van der Waals surface area contributed by atoms with Crippen LogP contribution in [0.2, 0.25) is 0 Å². The van der Waals surface area contributed by atoms with Gasteiger partial charge in [0.2, 0.25) is 0 Å². The van der Waals surface area contributed by atoms with E-state index >= 15 is 0 Å². The SMILES string of the molecule is CC(C)(C)N(Cc1ccc2c(c1)OCCO2)C(=O)OC1CCN(CCn2c(=O)cc(OCc3ccccc3)c3ccccc32)CC1.